The van der Waals surface area contributed by atoms with E-state index in [9.17, 15) is 9.59 Å². The molecule has 0 fully saturated rings. The van der Waals surface area contributed by atoms with E-state index in [1.54, 1.807) is 6.92 Å². The van der Waals surface area contributed by atoms with E-state index in [0.29, 0.717) is 12.8 Å². The topological polar surface area (TPSA) is 72.6 Å². The summed E-state index contributed by atoms with van der Waals surface area (Å²) in [5.74, 6) is -1.22. The van der Waals surface area contributed by atoms with Crippen molar-refractivity contribution in [2.75, 3.05) is 27.7 Å². The van der Waals surface area contributed by atoms with Crippen LogP contribution in [0.3, 0.4) is 0 Å². The summed E-state index contributed by atoms with van der Waals surface area (Å²) in [4.78, 5) is 24.1. The van der Waals surface area contributed by atoms with Gasteiger partial charge in [0.2, 0.25) is 12.5 Å². The highest BCUT2D eigenvalue weighted by molar-refractivity contribution is 5.78. The molecule has 19 heavy (non-hydrogen) atoms. The Bertz CT molecular complexity index is 245. The minimum atomic E-state index is -0.359. The molecule has 114 valence electrons. The molecule has 5 nitrogen and oxygen atoms in total. The van der Waals surface area contributed by atoms with Crippen molar-refractivity contribution in [3.05, 3.63) is 6.92 Å². The number of carbonyl (C=O) groups is 2. The minimum absolute atomic E-state index is 0. The summed E-state index contributed by atoms with van der Waals surface area (Å²) in [7, 11) is 6.00. The molecular weight excluding hydrogens is 268 g/mol. The number of carbonyl (C=O) groups excluding carboxylic acids is 2. The standard InChI is InChI=1S/C10H17NO3.C3H9N.ClH/c1-4-8(9(11)12)6-7(3)10(13)14-5-2;1-4(2)3;/h7-8H,2,4-6H2,1,3H3,(H-,11,12);1-3H3;1H. The van der Waals surface area contributed by atoms with Crippen molar-refractivity contribution in [1.82, 2.24) is 4.90 Å². The first-order valence-electron chi connectivity index (χ1n) is 6.12. The smallest absolute Gasteiger partial charge is 0.312 e. The fourth-order valence-electron chi connectivity index (χ4n) is 1.25. The van der Waals surface area contributed by atoms with Crippen molar-refractivity contribution in [3.8, 4) is 0 Å². The molecule has 0 aliphatic rings. The molecule has 0 rings (SSSR count). The van der Waals surface area contributed by atoms with E-state index in [1.165, 1.54) is 0 Å². The van der Waals surface area contributed by atoms with E-state index in [4.69, 9.17) is 10.5 Å². The molecule has 0 saturated carbocycles. The molecule has 2 unspecified atom stereocenters. The number of rotatable bonds is 6. The van der Waals surface area contributed by atoms with Crippen LogP contribution in [0.2, 0.25) is 0 Å². The fraction of sp³-hybridized carbons (Fsp3) is 0.769. The molecule has 0 saturated heterocycles. The summed E-state index contributed by atoms with van der Waals surface area (Å²) in [6.45, 7) is 7.13. The zero-order valence-corrected chi connectivity index (χ0v) is 13.4. The largest absolute Gasteiger partial charge is 1.00 e. The highest BCUT2D eigenvalue weighted by atomic mass is 35.5. The lowest BCUT2D eigenvalue weighted by molar-refractivity contribution is -0.147. The Hall–Kier alpha value is -0.940. The van der Waals surface area contributed by atoms with Crippen LogP contribution < -0.4 is 18.1 Å². The first-order chi connectivity index (χ1) is 8.26. The lowest BCUT2D eigenvalue weighted by Gasteiger charge is -2.14. The summed E-state index contributed by atoms with van der Waals surface area (Å²) in [5, 5.41) is 0. The second-order valence-corrected chi connectivity index (χ2v) is 4.65. The van der Waals surface area contributed by atoms with Crippen LogP contribution in [-0.4, -0.2) is 44.5 Å². The zero-order valence-electron chi connectivity index (χ0n) is 12.6. The Morgan fingerprint density at radius 1 is 1.32 bits per heavy atom. The number of halogens is 1. The summed E-state index contributed by atoms with van der Waals surface area (Å²) in [6.07, 6.45) is 1.10. The van der Waals surface area contributed by atoms with Gasteiger partial charge in [0.05, 0.1) is 5.92 Å². The maximum absolute atomic E-state index is 11.2. The maximum atomic E-state index is 11.2. The van der Waals surface area contributed by atoms with Crippen molar-refractivity contribution in [2.45, 2.75) is 26.7 Å². The number of primary amides is 1. The van der Waals surface area contributed by atoms with Gasteiger partial charge in [0.15, 0.2) is 0 Å². The van der Waals surface area contributed by atoms with Crippen molar-refractivity contribution in [3.63, 3.8) is 0 Å². The van der Waals surface area contributed by atoms with E-state index in [2.05, 4.69) is 6.92 Å². The number of amides is 1. The third-order valence-corrected chi connectivity index (χ3v) is 2.18. The molecule has 0 aliphatic heterocycles. The van der Waals surface area contributed by atoms with Gasteiger partial charge in [0.1, 0.15) is 6.92 Å². The molecule has 0 heterocycles. The Morgan fingerprint density at radius 2 is 1.74 bits per heavy atom. The molecule has 0 aliphatic carbocycles. The number of ether oxygens (including phenoxy) is 1. The summed E-state index contributed by atoms with van der Waals surface area (Å²) >= 11 is 0. The Kier molecular flexibility index (Phi) is 16.5. The van der Waals surface area contributed by atoms with E-state index < -0.39 is 0 Å². The quantitative estimate of drug-likeness (QED) is 0.458. The van der Waals surface area contributed by atoms with Gasteiger partial charge in [-0.25, -0.2) is 0 Å². The van der Waals surface area contributed by atoms with E-state index in [-0.39, 0.29) is 42.7 Å². The Balaban J connectivity index is -0.000000448. The van der Waals surface area contributed by atoms with Crippen molar-refractivity contribution in [2.24, 2.45) is 17.6 Å². The van der Waals surface area contributed by atoms with E-state index in [1.807, 2.05) is 33.0 Å². The van der Waals surface area contributed by atoms with Crippen LogP contribution >= 0.6 is 0 Å². The van der Waals surface area contributed by atoms with Gasteiger partial charge in [-0.3, -0.25) is 9.59 Å². The van der Waals surface area contributed by atoms with Crippen LogP contribution in [0.25, 0.3) is 0 Å². The highest BCUT2D eigenvalue weighted by Gasteiger charge is 2.22. The molecule has 6 heteroatoms. The summed E-state index contributed by atoms with van der Waals surface area (Å²) in [5.41, 5.74) is 5.17. The van der Waals surface area contributed by atoms with E-state index in [0.717, 1.165) is 0 Å². The third-order valence-electron chi connectivity index (χ3n) is 2.18. The van der Waals surface area contributed by atoms with Gasteiger partial charge in [0.25, 0.3) is 0 Å². The molecule has 2 N–H and O–H groups in total. The second-order valence-electron chi connectivity index (χ2n) is 4.65. The van der Waals surface area contributed by atoms with Gasteiger partial charge in [-0.05, 0) is 34.0 Å². The average molecular weight is 295 g/mol. The lowest BCUT2D eigenvalue weighted by Crippen LogP contribution is -3.00. The molecule has 2 atom stereocenters. The van der Waals surface area contributed by atoms with Gasteiger partial charge in [-0.1, -0.05) is 13.8 Å². The Morgan fingerprint density at radius 3 is 2.00 bits per heavy atom. The maximum Gasteiger partial charge on any atom is 0.312 e. The van der Waals surface area contributed by atoms with Gasteiger partial charge in [-0.2, -0.15) is 0 Å². The zero-order chi connectivity index (χ0) is 14.7. The number of nitrogens with two attached hydrogens (primary N) is 1. The highest BCUT2D eigenvalue weighted by Crippen LogP contribution is 2.16. The summed E-state index contributed by atoms with van der Waals surface area (Å²) < 4.78 is 4.73. The number of hydrogen-bond acceptors (Lipinski definition) is 4. The van der Waals surface area contributed by atoms with E-state index >= 15 is 0 Å². The van der Waals surface area contributed by atoms with Gasteiger partial charge in [0, 0.05) is 5.92 Å². The van der Waals surface area contributed by atoms with Crippen LogP contribution in [-0.2, 0) is 14.3 Å². The van der Waals surface area contributed by atoms with Crippen molar-refractivity contribution >= 4 is 11.9 Å². The van der Waals surface area contributed by atoms with Crippen LogP contribution in [0.5, 0.6) is 0 Å². The summed E-state index contributed by atoms with van der Waals surface area (Å²) in [6, 6.07) is 0. The second kappa shape index (κ2) is 13.5. The molecule has 0 spiro atoms. The number of nitrogens with zero attached hydrogens (tertiary/aromatic N) is 1. The predicted molar refractivity (Wildman–Crippen MR) is 72.7 cm³/mol. The lowest BCUT2D eigenvalue weighted by atomic mass is 9.93. The number of hydrogen-bond donors (Lipinski definition) is 1. The molecule has 1 amide bonds. The third kappa shape index (κ3) is 15.0. The predicted octanol–water partition coefficient (Wildman–Crippen LogP) is -1.92. The molecule has 0 bridgehead atoms. The molecule has 0 aromatic carbocycles. The number of esters is 1. The van der Waals surface area contributed by atoms with Crippen molar-refractivity contribution in [1.29, 1.82) is 0 Å². The molecule has 0 aromatic rings. The first-order valence-corrected chi connectivity index (χ1v) is 6.12. The monoisotopic (exact) mass is 294 g/mol. The molecule has 0 radical (unpaired) electrons. The minimum Gasteiger partial charge on any atom is -1.00 e. The Labute approximate surface area is 123 Å². The van der Waals surface area contributed by atoms with Crippen LogP contribution in [0.15, 0.2) is 0 Å². The normalized spacial score (nSPS) is 12.5. The molecule has 0 aromatic heterocycles. The SMILES string of the molecule is CN(C)C.[CH2+]COC(=O)C(C)CC(CC)C(N)=O.[Cl-]. The molecular formula is C13H27ClN2O3. The van der Waals surface area contributed by atoms with Crippen LogP contribution in [0.4, 0.5) is 0 Å². The first kappa shape index (κ1) is 23.2. The van der Waals surface area contributed by atoms with Crippen molar-refractivity contribution < 1.29 is 26.7 Å². The van der Waals surface area contributed by atoms with Gasteiger partial charge >= 0.3 is 5.97 Å². The average Bonchev–Trinajstić information content (AvgIpc) is 2.24. The van der Waals surface area contributed by atoms with Crippen LogP contribution in [0.1, 0.15) is 26.7 Å². The fourth-order valence-corrected chi connectivity index (χ4v) is 1.25. The van der Waals surface area contributed by atoms with Gasteiger partial charge in [-0.15, -0.1) is 0 Å². The van der Waals surface area contributed by atoms with Gasteiger partial charge < -0.3 is 27.8 Å². The van der Waals surface area contributed by atoms with Crippen LogP contribution in [0, 0.1) is 18.8 Å².